The second-order valence-corrected chi connectivity index (χ2v) is 4.97. The lowest BCUT2D eigenvalue weighted by molar-refractivity contribution is -0.388. The highest BCUT2D eigenvalue weighted by Gasteiger charge is 2.39. The summed E-state index contributed by atoms with van der Waals surface area (Å²) < 4.78 is 81.6. The molecule has 0 aliphatic rings. The van der Waals surface area contributed by atoms with E-state index in [2.05, 4.69) is 0 Å². The summed E-state index contributed by atoms with van der Waals surface area (Å²) in [6, 6.07) is 2.59. The Morgan fingerprint density at radius 2 is 1.37 bits per heavy atom. The minimum atomic E-state index is -5.13. The third-order valence-electron chi connectivity index (χ3n) is 3.18. The van der Waals surface area contributed by atoms with E-state index in [4.69, 9.17) is 4.74 Å². The monoisotopic (exact) mass is 396 g/mol. The fourth-order valence-electron chi connectivity index (χ4n) is 2.01. The number of hydrogen-bond acceptors (Lipinski definition) is 5. The molecular formula is C14H6F6N2O5. The average molecular weight is 396 g/mol. The summed E-state index contributed by atoms with van der Waals surface area (Å²) in [5.74, 6) is -1.45. The van der Waals surface area contributed by atoms with Gasteiger partial charge in [0, 0.05) is 12.1 Å². The van der Waals surface area contributed by atoms with Crippen molar-refractivity contribution in [2.24, 2.45) is 0 Å². The van der Waals surface area contributed by atoms with Gasteiger partial charge in [0.2, 0.25) is 5.75 Å². The van der Waals surface area contributed by atoms with E-state index < -0.39 is 56.2 Å². The zero-order valence-electron chi connectivity index (χ0n) is 12.7. The fourth-order valence-corrected chi connectivity index (χ4v) is 2.01. The van der Waals surface area contributed by atoms with Crippen LogP contribution >= 0.6 is 0 Å². The molecule has 2 aromatic rings. The molecule has 0 saturated carbocycles. The molecule has 2 aromatic carbocycles. The van der Waals surface area contributed by atoms with Crippen molar-refractivity contribution < 1.29 is 40.9 Å². The maximum atomic E-state index is 12.9. The maximum Gasteiger partial charge on any atom is 0.423 e. The van der Waals surface area contributed by atoms with Crippen molar-refractivity contribution >= 4 is 11.4 Å². The molecule has 0 saturated heterocycles. The summed E-state index contributed by atoms with van der Waals surface area (Å²) in [5, 5.41) is 21.6. The SMILES string of the molecule is O=[N+]([O-])c1cc(C(F)(F)F)ccc1Oc1ccc([N+](=O)[O-])c(C(F)(F)F)c1. The Morgan fingerprint density at radius 1 is 0.778 bits per heavy atom. The number of halogens is 6. The van der Waals surface area contributed by atoms with Crippen molar-refractivity contribution in [3.05, 3.63) is 67.8 Å². The average Bonchev–Trinajstić information content (AvgIpc) is 2.52. The van der Waals surface area contributed by atoms with Crippen molar-refractivity contribution in [3.63, 3.8) is 0 Å². The lowest BCUT2D eigenvalue weighted by Crippen LogP contribution is -2.09. The molecule has 0 radical (unpaired) electrons. The topological polar surface area (TPSA) is 95.5 Å². The van der Waals surface area contributed by atoms with E-state index in [0.717, 1.165) is 6.07 Å². The summed E-state index contributed by atoms with van der Waals surface area (Å²) in [5.41, 5.74) is -5.46. The number of alkyl halides is 6. The van der Waals surface area contributed by atoms with Crippen molar-refractivity contribution in [2.75, 3.05) is 0 Å². The highest BCUT2D eigenvalue weighted by atomic mass is 19.4. The number of benzene rings is 2. The summed E-state index contributed by atoms with van der Waals surface area (Å²) in [6.07, 6.45) is -10.0. The van der Waals surface area contributed by atoms with Gasteiger partial charge < -0.3 is 4.74 Å². The summed E-state index contributed by atoms with van der Waals surface area (Å²) in [4.78, 5) is 19.1. The lowest BCUT2D eigenvalue weighted by Gasteiger charge is -2.12. The van der Waals surface area contributed by atoms with Gasteiger partial charge in [-0.05, 0) is 24.3 Å². The quantitative estimate of drug-likeness (QED) is 0.395. The van der Waals surface area contributed by atoms with E-state index in [1.807, 2.05) is 0 Å². The lowest BCUT2D eigenvalue weighted by atomic mass is 10.1. The summed E-state index contributed by atoms with van der Waals surface area (Å²) in [7, 11) is 0. The van der Waals surface area contributed by atoms with Crippen molar-refractivity contribution in [3.8, 4) is 11.5 Å². The van der Waals surface area contributed by atoms with Gasteiger partial charge in [0.15, 0.2) is 0 Å². The molecule has 2 rings (SSSR count). The molecule has 13 heteroatoms. The van der Waals surface area contributed by atoms with E-state index in [9.17, 15) is 46.6 Å². The minimum absolute atomic E-state index is 0.158. The minimum Gasteiger partial charge on any atom is -0.450 e. The Morgan fingerprint density at radius 3 is 1.85 bits per heavy atom. The predicted octanol–water partition coefficient (Wildman–Crippen LogP) is 5.33. The number of nitrogens with zero attached hydrogens (tertiary/aromatic N) is 2. The van der Waals surface area contributed by atoms with Crippen LogP contribution < -0.4 is 4.74 Å². The van der Waals surface area contributed by atoms with E-state index in [1.165, 1.54) is 0 Å². The van der Waals surface area contributed by atoms with Crippen molar-refractivity contribution in [1.82, 2.24) is 0 Å². The first-order chi connectivity index (χ1) is 12.3. The van der Waals surface area contributed by atoms with Crippen molar-refractivity contribution in [2.45, 2.75) is 12.4 Å². The van der Waals surface area contributed by atoms with E-state index in [1.54, 1.807) is 0 Å². The third-order valence-corrected chi connectivity index (χ3v) is 3.18. The second kappa shape index (κ2) is 6.74. The first-order valence-corrected chi connectivity index (χ1v) is 6.70. The molecule has 0 fully saturated rings. The van der Waals surface area contributed by atoms with Gasteiger partial charge in [-0.2, -0.15) is 26.3 Å². The largest absolute Gasteiger partial charge is 0.450 e. The van der Waals surface area contributed by atoms with Crippen LogP contribution in [0.15, 0.2) is 36.4 Å². The Kier molecular flexibility index (Phi) is 4.97. The van der Waals surface area contributed by atoms with Gasteiger partial charge >= 0.3 is 18.0 Å². The second-order valence-electron chi connectivity index (χ2n) is 4.97. The van der Waals surface area contributed by atoms with Gasteiger partial charge in [-0.25, -0.2) is 0 Å². The zero-order valence-corrected chi connectivity index (χ0v) is 12.7. The molecule has 0 amide bonds. The van der Waals surface area contributed by atoms with Crippen LogP contribution in [0.5, 0.6) is 11.5 Å². The molecule has 0 N–H and O–H groups in total. The summed E-state index contributed by atoms with van der Waals surface area (Å²) >= 11 is 0. The normalized spacial score (nSPS) is 11.9. The van der Waals surface area contributed by atoms with Gasteiger partial charge in [-0.15, -0.1) is 0 Å². The van der Waals surface area contributed by atoms with Crippen LogP contribution in [0.3, 0.4) is 0 Å². The van der Waals surface area contributed by atoms with Gasteiger partial charge in [0.1, 0.15) is 11.3 Å². The van der Waals surface area contributed by atoms with E-state index in [-0.39, 0.29) is 12.1 Å². The molecule has 0 spiro atoms. The van der Waals surface area contributed by atoms with Crippen LogP contribution in [-0.2, 0) is 12.4 Å². The van der Waals surface area contributed by atoms with Crippen LogP contribution in [-0.4, -0.2) is 9.85 Å². The first-order valence-electron chi connectivity index (χ1n) is 6.70. The van der Waals surface area contributed by atoms with Crippen molar-refractivity contribution in [1.29, 1.82) is 0 Å². The molecule has 0 aliphatic carbocycles. The number of rotatable bonds is 4. The van der Waals surface area contributed by atoms with Gasteiger partial charge in [0.25, 0.3) is 5.69 Å². The number of nitro groups is 2. The highest BCUT2D eigenvalue weighted by Crippen LogP contribution is 2.41. The molecule has 0 heterocycles. The molecule has 0 aliphatic heterocycles. The molecule has 0 unspecified atom stereocenters. The molecule has 0 aromatic heterocycles. The highest BCUT2D eigenvalue weighted by molar-refractivity contribution is 5.53. The number of nitro benzene ring substituents is 2. The van der Waals surface area contributed by atoms with Gasteiger partial charge in [-0.1, -0.05) is 0 Å². The van der Waals surface area contributed by atoms with Crippen LogP contribution in [0.25, 0.3) is 0 Å². The molecule has 144 valence electrons. The van der Waals surface area contributed by atoms with Gasteiger partial charge in [0.05, 0.1) is 15.4 Å². The smallest absolute Gasteiger partial charge is 0.423 e. The fraction of sp³-hybridized carbons (Fsp3) is 0.143. The number of ether oxygens (including phenoxy) is 1. The molecule has 0 atom stereocenters. The molecular weight excluding hydrogens is 390 g/mol. The standard InChI is InChI=1S/C14H6F6N2O5/c15-13(16,17)7-1-4-12(11(5-7)22(25)26)27-8-2-3-10(21(23)24)9(6-8)14(18,19)20/h1-6H. The Balaban J connectivity index is 2.51. The van der Waals surface area contributed by atoms with Crippen LogP contribution in [0.4, 0.5) is 37.7 Å². The van der Waals surface area contributed by atoms with E-state index >= 15 is 0 Å². The third kappa shape index (κ3) is 4.43. The Labute approximate surface area is 145 Å². The summed E-state index contributed by atoms with van der Waals surface area (Å²) in [6.45, 7) is 0. The Bertz CT molecular complexity index is 910. The Hall–Kier alpha value is -3.38. The van der Waals surface area contributed by atoms with Crippen LogP contribution in [0, 0.1) is 20.2 Å². The number of hydrogen-bond donors (Lipinski definition) is 0. The predicted molar refractivity (Wildman–Crippen MR) is 76.3 cm³/mol. The van der Waals surface area contributed by atoms with Crippen LogP contribution in [0.1, 0.15) is 11.1 Å². The van der Waals surface area contributed by atoms with Crippen LogP contribution in [0.2, 0.25) is 0 Å². The maximum absolute atomic E-state index is 12.9. The van der Waals surface area contributed by atoms with E-state index in [0.29, 0.717) is 18.2 Å². The molecule has 7 nitrogen and oxygen atoms in total. The molecule has 0 bridgehead atoms. The first kappa shape index (κ1) is 19.9. The zero-order chi connectivity index (χ0) is 20.6. The van der Waals surface area contributed by atoms with Gasteiger partial charge in [-0.3, -0.25) is 20.2 Å². The molecule has 27 heavy (non-hydrogen) atoms.